The molecule has 2 bridgehead atoms. The lowest BCUT2D eigenvalue weighted by atomic mass is 9.66. The maximum absolute atomic E-state index is 12.4. The normalized spacial score (nSPS) is 37.9. The van der Waals surface area contributed by atoms with Crippen molar-refractivity contribution in [2.24, 2.45) is 22.7 Å². The number of rotatable bonds is 3. The fourth-order valence-corrected chi connectivity index (χ4v) is 3.76. The van der Waals surface area contributed by atoms with Gasteiger partial charge in [-0.1, -0.05) is 20.8 Å². The molecule has 0 N–H and O–H groups in total. The van der Waals surface area contributed by atoms with Crippen LogP contribution in [0.5, 0.6) is 0 Å². The zero-order valence-electron chi connectivity index (χ0n) is 12.8. The molecular formula is C16H28O2. The smallest absolute Gasteiger partial charge is 0.312 e. The summed E-state index contributed by atoms with van der Waals surface area (Å²) in [6.07, 6.45) is 4.60. The van der Waals surface area contributed by atoms with Crippen LogP contribution in [0, 0.1) is 22.7 Å². The Bertz CT molecular complexity index is 356. The molecule has 3 unspecified atom stereocenters. The van der Waals surface area contributed by atoms with E-state index in [4.69, 9.17) is 4.74 Å². The van der Waals surface area contributed by atoms with Crippen LogP contribution in [-0.4, -0.2) is 11.6 Å². The van der Waals surface area contributed by atoms with E-state index in [0.717, 1.165) is 12.3 Å². The highest BCUT2D eigenvalue weighted by Gasteiger charge is 2.63. The van der Waals surface area contributed by atoms with E-state index in [1.54, 1.807) is 0 Å². The largest absolute Gasteiger partial charge is 0.458 e. The second-order valence-electron chi connectivity index (χ2n) is 7.66. The summed E-state index contributed by atoms with van der Waals surface area (Å²) in [5.41, 5.74) is -0.504. The lowest BCUT2D eigenvalue weighted by Crippen LogP contribution is -2.51. The SMILES string of the molecule is CCC(C)(C)C(=O)OC1(C)C2CCC(C2)C1(C)C. The minimum Gasteiger partial charge on any atom is -0.458 e. The third kappa shape index (κ3) is 1.71. The highest BCUT2D eigenvalue weighted by molar-refractivity contribution is 5.76. The maximum atomic E-state index is 12.4. The van der Waals surface area contributed by atoms with Crippen LogP contribution in [0.25, 0.3) is 0 Å². The molecule has 0 radical (unpaired) electrons. The molecule has 0 amide bonds. The summed E-state index contributed by atoms with van der Waals surface area (Å²) in [4.78, 5) is 12.4. The van der Waals surface area contributed by atoms with E-state index < -0.39 is 0 Å². The summed E-state index contributed by atoms with van der Waals surface area (Å²) in [6, 6.07) is 0. The van der Waals surface area contributed by atoms with Crippen LogP contribution in [0.3, 0.4) is 0 Å². The monoisotopic (exact) mass is 252 g/mol. The fourth-order valence-electron chi connectivity index (χ4n) is 3.76. The number of ether oxygens (including phenoxy) is 1. The Morgan fingerprint density at radius 2 is 1.78 bits per heavy atom. The number of hydrogen-bond acceptors (Lipinski definition) is 2. The Labute approximate surface area is 111 Å². The summed E-state index contributed by atoms with van der Waals surface area (Å²) in [6.45, 7) is 12.7. The van der Waals surface area contributed by atoms with Crippen LogP contribution >= 0.6 is 0 Å². The first kappa shape index (κ1) is 13.9. The van der Waals surface area contributed by atoms with Gasteiger partial charge in [0.1, 0.15) is 5.60 Å². The van der Waals surface area contributed by atoms with Crippen LogP contribution in [-0.2, 0) is 9.53 Å². The van der Waals surface area contributed by atoms with Crippen LogP contribution in [0.15, 0.2) is 0 Å². The first-order valence-electron chi connectivity index (χ1n) is 7.38. The molecule has 0 aromatic carbocycles. The average Bonchev–Trinajstić information content (AvgIpc) is 2.82. The quantitative estimate of drug-likeness (QED) is 0.704. The molecule has 2 heteroatoms. The third-order valence-electron chi connectivity index (χ3n) is 6.25. The first-order valence-corrected chi connectivity index (χ1v) is 7.38. The van der Waals surface area contributed by atoms with Gasteiger partial charge in [-0.2, -0.15) is 0 Å². The van der Waals surface area contributed by atoms with Gasteiger partial charge >= 0.3 is 5.97 Å². The van der Waals surface area contributed by atoms with Gasteiger partial charge in [0.2, 0.25) is 0 Å². The minimum absolute atomic E-state index is 0.0203. The molecule has 18 heavy (non-hydrogen) atoms. The molecule has 0 aromatic rings. The number of carbonyl (C=O) groups excluding carboxylic acids is 1. The Morgan fingerprint density at radius 1 is 1.22 bits per heavy atom. The van der Waals surface area contributed by atoms with Gasteiger partial charge in [0.05, 0.1) is 5.41 Å². The highest BCUT2D eigenvalue weighted by atomic mass is 16.6. The van der Waals surface area contributed by atoms with E-state index in [1.807, 2.05) is 13.8 Å². The topological polar surface area (TPSA) is 26.3 Å². The minimum atomic E-state index is -0.360. The molecule has 2 nitrogen and oxygen atoms in total. The van der Waals surface area contributed by atoms with Crippen molar-refractivity contribution in [3.63, 3.8) is 0 Å². The Hall–Kier alpha value is -0.530. The van der Waals surface area contributed by atoms with Crippen molar-refractivity contribution in [2.75, 3.05) is 0 Å². The van der Waals surface area contributed by atoms with Gasteiger partial charge in [-0.25, -0.2) is 0 Å². The van der Waals surface area contributed by atoms with E-state index in [9.17, 15) is 4.79 Å². The zero-order valence-corrected chi connectivity index (χ0v) is 12.8. The summed E-state index contributed by atoms with van der Waals surface area (Å²) in [5, 5.41) is 0. The molecule has 0 aromatic heterocycles. The lowest BCUT2D eigenvalue weighted by molar-refractivity contribution is -0.190. The molecule has 0 heterocycles. The molecule has 2 saturated carbocycles. The van der Waals surface area contributed by atoms with Gasteiger partial charge in [-0.3, -0.25) is 4.79 Å². The lowest BCUT2D eigenvalue weighted by Gasteiger charge is -2.47. The second-order valence-corrected chi connectivity index (χ2v) is 7.66. The van der Waals surface area contributed by atoms with Gasteiger partial charge in [-0.15, -0.1) is 0 Å². The molecular weight excluding hydrogens is 224 g/mol. The van der Waals surface area contributed by atoms with E-state index in [0.29, 0.717) is 5.92 Å². The molecule has 104 valence electrons. The number of hydrogen-bond donors (Lipinski definition) is 0. The van der Waals surface area contributed by atoms with Crippen LogP contribution in [0.2, 0.25) is 0 Å². The summed E-state index contributed by atoms with van der Waals surface area (Å²) in [5.74, 6) is 1.27. The van der Waals surface area contributed by atoms with Gasteiger partial charge in [0, 0.05) is 5.41 Å². The van der Waals surface area contributed by atoms with Crippen molar-refractivity contribution < 1.29 is 9.53 Å². The van der Waals surface area contributed by atoms with Crippen molar-refractivity contribution in [1.29, 1.82) is 0 Å². The Kier molecular flexibility index (Phi) is 3.07. The average molecular weight is 252 g/mol. The van der Waals surface area contributed by atoms with E-state index in [-0.39, 0.29) is 22.4 Å². The standard InChI is InChI=1S/C16H28O2/c1-7-14(2,3)13(17)18-16(6)12-9-8-11(10-12)15(16,4)5/h11-12H,7-10H2,1-6H3. The molecule has 0 aliphatic heterocycles. The summed E-state index contributed by atoms with van der Waals surface area (Å²) >= 11 is 0. The molecule has 2 aliphatic carbocycles. The predicted molar refractivity (Wildman–Crippen MR) is 73.2 cm³/mol. The fraction of sp³-hybridized carbons (Fsp3) is 0.938. The number of carbonyl (C=O) groups is 1. The van der Waals surface area contributed by atoms with Crippen LogP contribution < -0.4 is 0 Å². The summed E-state index contributed by atoms with van der Waals surface area (Å²) in [7, 11) is 0. The van der Waals surface area contributed by atoms with Gasteiger partial charge < -0.3 is 4.74 Å². The molecule has 2 rings (SSSR count). The van der Waals surface area contributed by atoms with Crippen LogP contribution in [0.1, 0.15) is 67.2 Å². The summed E-state index contributed by atoms with van der Waals surface area (Å²) < 4.78 is 6.06. The molecule has 3 atom stereocenters. The van der Waals surface area contributed by atoms with E-state index >= 15 is 0 Å². The third-order valence-corrected chi connectivity index (χ3v) is 6.25. The van der Waals surface area contributed by atoms with Gasteiger partial charge in [-0.05, 0) is 58.3 Å². The van der Waals surface area contributed by atoms with Crippen molar-refractivity contribution in [3.05, 3.63) is 0 Å². The van der Waals surface area contributed by atoms with Gasteiger partial charge in [0.15, 0.2) is 0 Å². The molecule has 2 fully saturated rings. The van der Waals surface area contributed by atoms with Crippen molar-refractivity contribution in [1.82, 2.24) is 0 Å². The zero-order chi connectivity index (χ0) is 13.8. The molecule has 0 spiro atoms. The Morgan fingerprint density at radius 3 is 2.22 bits per heavy atom. The molecule has 2 aliphatic rings. The van der Waals surface area contributed by atoms with Crippen molar-refractivity contribution >= 4 is 5.97 Å². The number of esters is 1. The Balaban J connectivity index is 2.20. The number of fused-ring (bicyclic) bond motifs is 2. The van der Waals surface area contributed by atoms with E-state index in [2.05, 4.69) is 27.7 Å². The van der Waals surface area contributed by atoms with Crippen molar-refractivity contribution in [3.8, 4) is 0 Å². The van der Waals surface area contributed by atoms with Crippen LogP contribution in [0.4, 0.5) is 0 Å². The predicted octanol–water partition coefficient (Wildman–Crippen LogP) is 4.18. The van der Waals surface area contributed by atoms with E-state index in [1.165, 1.54) is 19.3 Å². The molecule has 0 saturated heterocycles. The van der Waals surface area contributed by atoms with Gasteiger partial charge in [0.25, 0.3) is 0 Å². The highest BCUT2D eigenvalue weighted by Crippen LogP contribution is 2.63. The first-order chi connectivity index (χ1) is 8.15. The van der Waals surface area contributed by atoms with Crippen molar-refractivity contribution in [2.45, 2.75) is 72.8 Å². The second kappa shape index (κ2) is 3.98. The maximum Gasteiger partial charge on any atom is 0.312 e.